The summed E-state index contributed by atoms with van der Waals surface area (Å²) in [6.45, 7) is 8.55. The van der Waals surface area contributed by atoms with E-state index in [1.165, 1.54) is 0 Å². The third-order valence-corrected chi connectivity index (χ3v) is 6.17. The van der Waals surface area contributed by atoms with Gasteiger partial charge in [-0.3, -0.25) is 4.79 Å². The fourth-order valence-electron chi connectivity index (χ4n) is 4.42. The molecule has 2 aliphatic rings. The van der Waals surface area contributed by atoms with Crippen LogP contribution in [0.25, 0.3) is 0 Å². The molecule has 1 fully saturated rings. The van der Waals surface area contributed by atoms with Gasteiger partial charge in [0, 0.05) is 45.1 Å². The number of ether oxygens (including phenoxy) is 1. The second kappa shape index (κ2) is 8.53. The Morgan fingerprint density at radius 3 is 2.72 bits per heavy atom. The largest absolute Gasteiger partial charge is 0.483 e. The van der Waals surface area contributed by atoms with Crippen LogP contribution in [0.4, 0.5) is 0 Å². The summed E-state index contributed by atoms with van der Waals surface area (Å²) in [6, 6.07) is 6.03. The second-order valence-corrected chi connectivity index (χ2v) is 8.37. The lowest BCUT2D eigenvalue weighted by Gasteiger charge is -2.32. The van der Waals surface area contributed by atoms with Gasteiger partial charge in [0.2, 0.25) is 0 Å². The molecule has 1 atom stereocenters. The maximum atomic E-state index is 12.8. The highest BCUT2D eigenvalue weighted by Crippen LogP contribution is 2.28. The number of fused-ring (bicyclic) bond motifs is 1. The van der Waals surface area contributed by atoms with Gasteiger partial charge in [-0.2, -0.15) is 0 Å². The zero-order chi connectivity index (χ0) is 20.4. The summed E-state index contributed by atoms with van der Waals surface area (Å²) >= 11 is 0. The van der Waals surface area contributed by atoms with Crippen LogP contribution in [0.5, 0.6) is 5.75 Å². The monoisotopic (exact) mass is 397 g/mol. The Bertz CT molecular complexity index is 858. The third-order valence-electron chi connectivity index (χ3n) is 6.17. The summed E-state index contributed by atoms with van der Waals surface area (Å²) in [7, 11) is 2.15. The third kappa shape index (κ3) is 4.29. The molecule has 7 heteroatoms. The number of benzene rings is 1. The molecule has 7 nitrogen and oxygen atoms in total. The molecule has 0 radical (unpaired) electrons. The maximum Gasteiger partial charge on any atom is 0.260 e. The number of amides is 1. The van der Waals surface area contributed by atoms with Crippen molar-refractivity contribution in [2.45, 2.75) is 45.6 Å². The highest BCUT2D eigenvalue weighted by molar-refractivity contribution is 5.78. The summed E-state index contributed by atoms with van der Waals surface area (Å²) in [5.41, 5.74) is 2.12. The van der Waals surface area contributed by atoms with Gasteiger partial charge < -0.3 is 19.1 Å². The predicted octanol–water partition coefficient (Wildman–Crippen LogP) is 2.17. The highest BCUT2D eigenvalue weighted by atomic mass is 16.5. The van der Waals surface area contributed by atoms with E-state index in [4.69, 9.17) is 4.74 Å². The molecule has 1 aromatic carbocycles. The lowest BCUT2D eigenvalue weighted by Crippen LogP contribution is -2.42. The topological polar surface area (TPSA) is 63.5 Å². The molecule has 0 bridgehead atoms. The minimum absolute atomic E-state index is 0.0488. The number of aryl methyl sites for hydroxylation is 2. The van der Waals surface area contributed by atoms with Gasteiger partial charge in [-0.1, -0.05) is 18.2 Å². The summed E-state index contributed by atoms with van der Waals surface area (Å²) in [5, 5.41) is 8.97. The van der Waals surface area contributed by atoms with Crippen molar-refractivity contribution in [3.8, 4) is 5.75 Å². The number of likely N-dealkylation sites (N-methyl/N-ethyl adjacent to an activating group) is 1. The molecule has 3 heterocycles. The van der Waals surface area contributed by atoms with E-state index < -0.39 is 0 Å². The summed E-state index contributed by atoms with van der Waals surface area (Å²) in [6.07, 6.45) is 2.97. The first-order valence-corrected chi connectivity index (χ1v) is 10.6. The van der Waals surface area contributed by atoms with Crippen molar-refractivity contribution in [1.82, 2.24) is 24.6 Å². The van der Waals surface area contributed by atoms with E-state index in [9.17, 15) is 4.79 Å². The number of para-hydroxylation sites is 1. The van der Waals surface area contributed by atoms with Gasteiger partial charge in [0.15, 0.2) is 6.61 Å². The molecule has 1 aromatic heterocycles. The van der Waals surface area contributed by atoms with Crippen LogP contribution in [-0.4, -0.2) is 70.3 Å². The van der Waals surface area contributed by atoms with E-state index >= 15 is 0 Å². The van der Waals surface area contributed by atoms with Gasteiger partial charge in [0.05, 0.1) is 0 Å². The Morgan fingerprint density at radius 1 is 1.14 bits per heavy atom. The molecule has 1 unspecified atom stereocenters. The molecule has 0 N–H and O–H groups in total. The number of nitrogens with zero attached hydrogens (tertiary/aromatic N) is 5. The fourth-order valence-corrected chi connectivity index (χ4v) is 4.42. The SMILES string of the molecule is Cc1cccc(C)c1OCC(=O)N1CCCC(c2nnc3n2CCN(C)CC3)C1. The molecule has 0 spiro atoms. The molecule has 0 saturated carbocycles. The van der Waals surface area contributed by atoms with E-state index in [2.05, 4.69) is 26.7 Å². The zero-order valence-corrected chi connectivity index (χ0v) is 17.7. The average Bonchev–Trinajstić information content (AvgIpc) is 3.04. The number of hydrogen-bond donors (Lipinski definition) is 0. The number of hydrogen-bond acceptors (Lipinski definition) is 5. The van der Waals surface area contributed by atoms with Crippen molar-refractivity contribution < 1.29 is 9.53 Å². The van der Waals surface area contributed by atoms with Crippen LogP contribution in [-0.2, 0) is 17.8 Å². The first-order valence-electron chi connectivity index (χ1n) is 10.6. The van der Waals surface area contributed by atoms with Gasteiger partial charge in [0.25, 0.3) is 5.91 Å². The van der Waals surface area contributed by atoms with E-state index in [-0.39, 0.29) is 18.4 Å². The molecule has 2 aromatic rings. The molecule has 1 saturated heterocycles. The minimum atomic E-state index is 0.0488. The van der Waals surface area contributed by atoms with Crippen molar-refractivity contribution in [3.05, 3.63) is 41.0 Å². The summed E-state index contributed by atoms with van der Waals surface area (Å²) in [4.78, 5) is 17.1. The Kier molecular flexibility index (Phi) is 5.85. The number of aromatic nitrogens is 3. The number of likely N-dealkylation sites (tertiary alicyclic amines) is 1. The van der Waals surface area contributed by atoms with Gasteiger partial charge in [-0.15, -0.1) is 10.2 Å². The van der Waals surface area contributed by atoms with E-state index in [1.54, 1.807) is 0 Å². The molecule has 29 heavy (non-hydrogen) atoms. The van der Waals surface area contributed by atoms with Crippen LogP contribution >= 0.6 is 0 Å². The minimum Gasteiger partial charge on any atom is -0.483 e. The van der Waals surface area contributed by atoms with Crippen molar-refractivity contribution in [2.24, 2.45) is 0 Å². The van der Waals surface area contributed by atoms with Gasteiger partial charge in [-0.05, 0) is 44.9 Å². The Hall–Kier alpha value is -2.41. The molecule has 4 rings (SSSR count). The Balaban J connectivity index is 1.41. The quantitative estimate of drug-likeness (QED) is 0.791. The standard InChI is InChI=1S/C22H31N5O2/c1-16-6-4-7-17(2)21(16)29-15-20(28)26-10-5-8-18(14-26)22-24-23-19-9-11-25(3)12-13-27(19)22/h4,6-7,18H,5,8-15H2,1-3H3. The van der Waals surface area contributed by atoms with Gasteiger partial charge in [0.1, 0.15) is 17.4 Å². The maximum absolute atomic E-state index is 12.8. The zero-order valence-electron chi connectivity index (χ0n) is 17.7. The van der Waals surface area contributed by atoms with Crippen molar-refractivity contribution in [2.75, 3.05) is 39.8 Å². The van der Waals surface area contributed by atoms with Gasteiger partial charge in [-0.25, -0.2) is 0 Å². The first kappa shape index (κ1) is 19.9. The van der Waals surface area contributed by atoms with Crippen molar-refractivity contribution in [3.63, 3.8) is 0 Å². The molecule has 156 valence electrons. The lowest BCUT2D eigenvalue weighted by atomic mass is 9.97. The summed E-state index contributed by atoms with van der Waals surface area (Å²) in [5.74, 6) is 3.24. The first-order chi connectivity index (χ1) is 14.0. The van der Waals surface area contributed by atoms with Crippen LogP contribution in [0, 0.1) is 13.8 Å². The smallest absolute Gasteiger partial charge is 0.260 e. The predicted molar refractivity (Wildman–Crippen MR) is 111 cm³/mol. The van der Waals surface area contributed by atoms with Crippen molar-refractivity contribution in [1.29, 1.82) is 0 Å². The average molecular weight is 398 g/mol. The molecular formula is C22H31N5O2. The van der Waals surface area contributed by atoms with Crippen LogP contribution in [0.15, 0.2) is 18.2 Å². The number of piperidine rings is 1. The second-order valence-electron chi connectivity index (χ2n) is 8.37. The number of carbonyl (C=O) groups excluding carboxylic acids is 1. The van der Waals surface area contributed by atoms with Crippen LogP contribution in [0.3, 0.4) is 0 Å². The van der Waals surface area contributed by atoms with Crippen molar-refractivity contribution >= 4 is 5.91 Å². The van der Waals surface area contributed by atoms with E-state index in [0.29, 0.717) is 6.54 Å². The highest BCUT2D eigenvalue weighted by Gasteiger charge is 2.30. The number of rotatable bonds is 4. The fraction of sp³-hybridized carbons (Fsp3) is 0.591. The van der Waals surface area contributed by atoms with Crippen LogP contribution < -0.4 is 4.74 Å². The summed E-state index contributed by atoms with van der Waals surface area (Å²) < 4.78 is 8.18. The van der Waals surface area contributed by atoms with Crippen LogP contribution in [0.1, 0.15) is 41.5 Å². The molecule has 2 aliphatic heterocycles. The Morgan fingerprint density at radius 2 is 1.93 bits per heavy atom. The molecule has 0 aliphatic carbocycles. The molecule has 1 amide bonds. The number of carbonyl (C=O) groups is 1. The van der Waals surface area contributed by atoms with Gasteiger partial charge >= 0.3 is 0 Å². The van der Waals surface area contributed by atoms with E-state index in [1.807, 2.05) is 36.9 Å². The molecular weight excluding hydrogens is 366 g/mol. The van der Waals surface area contributed by atoms with Crippen LogP contribution in [0.2, 0.25) is 0 Å². The Labute approximate surface area is 172 Å². The lowest BCUT2D eigenvalue weighted by molar-refractivity contribution is -0.134. The normalized spacial score (nSPS) is 20.2. The van der Waals surface area contributed by atoms with E-state index in [0.717, 1.165) is 74.0 Å².